The van der Waals surface area contributed by atoms with Crippen molar-refractivity contribution in [2.24, 2.45) is 0 Å². The van der Waals surface area contributed by atoms with Crippen molar-refractivity contribution in [2.45, 2.75) is 37.2 Å². The van der Waals surface area contributed by atoms with Crippen LogP contribution in [0.3, 0.4) is 0 Å². The van der Waals surface area contributed by atoms with E-state index in [1.54, 1.807) is 16.9 Å². The van der Waals surface area contributed by atoms with Crippen LogP contribution in [-0.4, -0.2) is 30.9 Å². The molecule has 10 heteroatoms. The fraction of sp³-hybridized carbons (Fsp3) is 0.238. The third-order valence-electron chi connectivity index (χ3n) is 4.79. The minimum absolute atomic E-state index is 0.113. The van der Waals surface area contributed by atoms with E-state index in [0.717, 1.165) is 15.9 Å². The first-order valence-corrected chi connectivity index (χ1v) is 11.4. The Labute approximate surface area is 191 Å². The lowest BCUT2D eigenvalue weighted by Crippen LogP contribution is -2.32. The summed E-state index contributed by atoms with van der Waals surface area (Å²) < 4.78 is 7.98. The fourth-order valence-corrected chi connectivity index (χ4v) is 4.51. The van der Waals surface area contributed by atoms with Crippen molar-refractivity contribution in [3.63, 3.8) is 0 Å². The Morgan fingerprint density at radius 1 is 1.35 bits per heavy atom. The molecule has 0 fully saturated rings. The zero-order chi connectivity index (χ0) is 22.0. The lowest BCUT2D eigenvalue weighted by molar-refractivity contribution is -0.120. The SMILES string of the molecule is CC[C@@H](Sc1nc2n[nH]c(C)c2c(=N)n1-c1ccc(Br)cc1)C(=O)NCc1ccco1. The number of aromatic nitrogens is 4. The molecule has 0 aliphatic rings. The van der Waals surface area contributed by atoms with Gasteiger partial charge in [0.25, 0.3) is 0 Å². The summed E-state index contributed by atoms with van der Waals surface area (Å²) in [5.41, 5.74) is 2.30. The summed E-state index contributed by atoms with van der Waals surface area (Å²) in [5, 5.41) is 19.7. The molecule has 0 saturated carbocycles. The minimum Gasteiger partial charge on any atom is -0.467 e. The smallest absolute Gasteiger partial charge is 0.233 e. The Hall–Kier alpha value is -2.85. The van der Waals surface area contributed by atoms with Crippen LogP contribution in [0, 0.1) is 12.3 Å². The summed E-state index contributed by atoms with van der Waals surface area (Å²) in [5.74, 6) is 0.580. The quantitative estimate of drug-likeness (QED) is 0.261. The number of fused-ring (bicyclic) bond motifs is 1. The summed E-state index contributed by atoms with van der Waals surface area (Å²) in [6.07, 6.45) is 2.18. The van der Waals surface area contributed by atoms with Gasteiger partial charge in [0.2, 0.25) is 5.91 Å². The average Bonchev–Trinajstić information content (AvgIpc) is 3.41. The summed E-state index contributed by atoms with van der Waals surface area (Å²) in [6, 6.07) is 11.2. The van der Waals surface area contributed by atoms with Crippen molar-refractivity contribution < 1.29 is 9.21 Å². The number of aryl methyl sites for hydroxylation is 1. The second-order valence-corrected chi connectivity index (χ2v) is 9.00. The molecule has 0 aliphatic carbocycles. The first-order valence-electron chi connectivity index (χ1n) is 9.73. The number of carbonyl (C=O) groups is 1. The minimum atomic E-state index is -0.388. The van der Waals surface area contributed by atoms with Crippen LogP contribution in [0.5, 0.6) is 0 Å². The highest BCUT2D eigenvalue weighted by molar-refractivity contribution is 9.10. The van der Waals surface area contributed by atoms with Gasteiger partial charge in [0.1, 0.15) is 11.2 Å². The highest BCUT2D eigenvalue weighted by Gasteiger charge is 2.23. The molecule has 1 amide bonds. The van der Waals surface area contributed by atoms with Gasteiger partial charge >= 0.3 is 0 Å². The van der Waals surface area contributed by atoms with Crippen LogP contribution in [0.1, 0.15) is 24.8 Å². The number of nitrogens with one attached hydrogen (secondary N) is 3. The first-order chi connectivity index (χ1) is 15.0. The number of H-pyrrole nitrogens is 1. The van der Waals surface area contributed by atoms with Crippen molar-refractivity contribution >= 4 is 44.6 Å². The summed E-state index contributed by atoms with van der Waals surface area (Å²) in [7, 11) is 0. The lowest BCUT2D eigenvalue weighted by Gasteiger charge is -2.18. The highest BCUT2D eigenvalue weighted by atomic mass is 79.9. The van der Waals surface area contributed by atoms with Crippen LogP contribution in [-0.2, 0) is 11.3 Å². The van der Waals surface area contributed by atoms with Crippen LogP contribution < -0.4 is 10.8 Å². The van der Waals surface area contributed by atoms with Gasteiger partial charge in [-0.3, -0.25) is 19.9 Å². The summed E-state index contributed by atoms with van der Waals surface area (Å²) >= 11 is 4.77. The average molecular weight is 501 g/mol. The number of furan rings is 1. The molecule has 0 spiro atoms. The first kappa shape index (κ1) is 21.4. The van der Waals surface area contributed by atoms with E-state index in [1.807, 2.05) is 44.2 Å². The Kier molecular flexibility index (Phi) is 6.28. The van der Waals surface area contributed by atoms with Gasteiger partial charge in [0.15, 0.2) is 10.8 Å². The van der Waals surface area contributed by atoms with Gasteiger partial charge in [-0.05, 0) is 49.7 Å². The standard InChI is InChI=1S/C21H21BrN6O2S/c1-3-16(20(29)24-11-15-5-4-10-30-15)31-21-25-19-17(12(2)26-27-19)18(23)28(21)14-8-6-13(22)7-9-14/h4-10,16,23H,3,11H2,1-2H3,(H,24,29)(H,26,27)/t16-/m1/s1. The molecule has 0 saturated heterocycles. The van der Waals surface area contributed by atoms with Crippen LogP contribution in [0.2, 0.25) is 0 Å². The number of hydrogen-bond donors (Lipinski definition) is 3. The molecule has 1 atom stereocenters. The Balaban J connectivity index is 1.71. The van der Waals surface area contributed by atoms with E-state index in [2.05, 4.69) is 36.4 Å². The maximum absolute atomic E-state index is 12.8. The second kappa shape index (κ2) is 9.11. The number of hydrogen-bond acceptors (Lipinski definition) is 6. The molecule has 0 radical (unpaired) electrons. The van der Waals surface area contributed by atoms with Crippen LogP contribution in [0.25, 0.3) is 16.7 Å². The Morgan fingerprint density at radius 2 is 2.13 bits per heavy atom. The maximum atomic E-state index is 12.8. The van der Waals surface area contributed by atoms with Gasteiger partial charge in [0.05, 0.1) is 23.4 Å². The fourth-order valence-electron chi connectivity index (χ4n) is 3.19. The molecular weight excluding hydrogens is 480 g/mol. The molecule has 31 heavy (non-hydrogen) atoms. The van der Waals surface area contributed by atoms with Gasteiger partial charge in [-0.1, -0.05) is 34.6 Å². The number of nitrogens with zero attached hydrogens (tertiary/aromatic N) is 3. The molecule has 3 heterocycles. The van der Waals surface area contributed by atoms with Gasteiger partial charge < -0.3 is 9.73 Å². The molecule has 4 aromatic rings. The molecule has 160 valence electrons. The molecular formula is C21H21BrN6O2S. The summed E-state index contributed by atoms with van der Waals surface area (Å²) in [4.78, 5) is 17.5. The van der Waals surface area contributed by atoms with Crippen LogP contribution >= 0.6 is 27.7 Å². The van der Waals surface area contributed by atoms with Crippen molar-refractivity contribution in [2.75, 3.05) is 0 Å². The van der Waals surface area contributed by atoms with Gasteiger partial charge in [-0.2, -0.15) is 5.10 Å². The van der Waals surface area contributed by atoms with E-state index in [1.165, 1.54) is 11.8 Å². The van der Waals surface area contributed by atoms with Gasteiger partial charge in [0, 0.05) is 15.9 Å². The van der Waals surface area contributed by atoms with Crippen molar-refractivity contribution in [3.8, 4) is 5.69 Å². The molecule has 1 aromatic carbocycles. The predicted molar refractivity (Wildman–Crippen MR) is 122 cm³/mol. The van der Waals surface area contributed by atoms with Gasteiger partial charge in [-0.25, -0.2) is 4.98 Å². The number of thioether (sulfide) groups is 1. The van der Waals surface area contributed by atoms with Crippen LogP contribution in [0.15, 0.2) is 56.7 Å². The number of amides is 1. The molecule has 3 aromatic heterocycles. The molecule has 3 N–H and O–H groups in total. The normalized spacial score (nSPS) is 12.2. The number of benzene rings is 1. The van der Waals surface area contributed by atoms with E-state index < -0.39 is 0 Å². The Bertz CT molecular complexity index is 1260. The predicted octanol–water partition coefficient (Wildman–Crippen LogP) is 4.08. The van der Waals surface area contributed by atoms with E-state index in [-0.39, 0.29) is 16.6 Å². The number of halogens is 1. The zero-order valence-corrected chi connectivity index (χ0v) is 19.4. The largest absolute Gasteiger partial charge is 0.467 e. The van der Waals surface area contributed by atoms with E-state index in [9.17, 15) is 4.79 Å². The van der Waals surface area contributed by atoms with Gasteiger partial charge in [-0.15, -0.1) is 0 Å². The van der Waals surface area contributed by atoms with E-state index in [4.69, 9.17) is 9.83 Å². The third kappa shape index (κ3) is 4.45. The van der Waals surface area contributed by atoms with Crippen molar-refractivity contribution in [1.82, 2.24) is 25.1 Å². The third-order valence-corrected chi connectivity index (χ3v) is 6.64. The van der Waals surface area contributed by atoms with E-state index in [0.29, 0.717) is 34.9 Å². The second-order valence-electron chi connectivity index (χ2n) is 6.91. The molecule has 0 unspecified atom stereocenters. The number of aromatic amines is 1. The molecule has 0 aliphatic heterocycles. The topological polar surface area (TPSA) is 113 Å². The molecule has 8 nitrogen and oxygen atoms in total. The van der Waals surface area contributed by atoms with Crippen molar-refractivity contribution in [3.05, 3.63) is 64.1 Å². The Morgan fingerprint density at radius 3 is 2.81 bits per heavy atom. The lowest BCUT2D eigenvalue weighted by atomic mass is 10.3. The molecule has 4 rings (SSSR count). The van der Waals surface area contributed by atoms with E-state index >= 15 is 0 Å². The molecule has 0 bridgehead atoms. The highest BCUT2D eigenvalue weighted by Crippen LogP contribution is 2.27. The summed E-state index contributed by atoms with van der Waals surface area (Å²) in [6.45, 7) is 4.14. The van der Waals surface area contributed by atoms with Crippen LogP contribution in [0.4, 0.5) is 0 Å². The zero-order valence-electron chi connectivity index (χ0n) is 17.0. The maximum Gasteiger partial charge on any atom is 0.233 e. The number of carbonyl (C=O) groups excluding carboxylic acids is 1. The monoisotopic (exact) mass is 500 g/mol. The van der Waals surface area contributed by atoms with Crippen molar-refractivity contribution in [1.29, 1.82) is 5.41 Å². The number of rotatable bonds is 7.